The second kappa shape index (κ2) is 6.17. The molecule has 0 aromatic carbocycles. The van der Waals surface area contributed by atoms with Gasteiger partial charge in [0.1, 0.15) is 10.8 Å². The summed E-state index contributed by atoms with van der Waals surface area (Å²) in [6.07, 6.45) is 3.88. The third-order valence-corrected chi connectivity index (χ3v) is 4.10. The van der Waals surface area contributed by atoms with Gasteiger partial charge in [-0.1, -0.05) is 11.3 Å². The molecular formula is C12H17N7OS. The van der Waals surface area contributed by atoms with Crippen LogP contribution in [-0.2, 0) is 6.42 Å². The monoisotopic (exact) mass is 307 g/mol. The van der Waals surface area contributed by atoms with E-state index in [1.165, 1.54) is 24.2 Å². The molecule has 112 valence electrons. The number of nitrogens with zero attached hydrogens (tertiary/aromatic N) is 4. The van der Waals surface area contributed by atoms with Gasteiger partial charge in [-0.25, -0.2) is 9.78 Å². The van der Waals surface area contributed by atoms with Crippen LogP contribution in [0.5, 0.6) is 0 Å². The molecule has 0 radical (unpaired) electrons. The van der Waals surface area contributed by atoms with E-state index in [0.717, 1.165) is 29.5 Å². The summed E-state index contributed by atoms with van der Waals surface area (Å²) in [4.78, 5) is 15.9. The van der Waals surface area contributed by atoms with Crippen LogP contribution in [0.4, 0.5) is 9.93 Å². The molecule has 3 N–H and O–H groups in total. The van der Waals surface area contributed by atoms with Gasteiger partial charge in [0.25, 0.3) is 0 Å². The van der Waals surface area contributed by atoms with E-state index < -0.39 is 0 Å². The Balaban J connectivity index is 1.35. The molecule has 0 unspecified atom stereocenters. The van der Waals surface area contributed by atoms with Gasteiger partial charge in [-0.05, 0) is 26.2 Å². The molecule has 1 aliphatic rings. The lowest BCUT2D eigenvalue weighted by molar-refractivity contribution is 0.252. The number of aryl methyl sites for hydroxylation is 2. The molecule has 1 saturated carbocycles. The first-order chi connectivity index (χ1) is 10.2. The predicted octanol–water partition coefficient (Wildman–Crippen LogP) is 1.60. The van der Waals surface area contributed by atoms with Crippen LogP contribution in [0.2, 0.25) is 0 Å². The van der Waals surface area contributed by atoms with Gasteiger partial charge < -0.3 is 5.32 Å². The zero-order valence-corrected chi connectivity index (χ0v) is 12.5. The minimum Gasteiger partial charge on any atom is -0.338 e. The minimum absolute atomic E-state index is 0.250. The van der Waals surface area contributed by atoms with E-state index in [1.54, 1.807) is 0 Å². The Kier molecular flexibility index (Phi) is 4.09. The summed E-state index contributed by atoms with van der Waals surface area (Å²) in [6.45, 7) is 2.42. The fraction of sp³-hybridized carbons (Fsp3) is 0.583. The maximum absolute atomic E-state index is 11.7. The molecule has 2 aromatic rings. The molecule has 3 rings (SSSR count). The Labute approximate surface area is 125 Å². The fourth-order valence-electron chi connectivity index (χ4n) is 1.87. The van der Waals surface area contributed by atoms with E-state index in [-0.39, 0.29) is 6.03 Å². The zero-order chi connectivity index (χ0) is 14.7. The minimum atomic E-state index is -0.250. The molecule has 2 amide bonds. The number of carbonyl (C=O) groups excluding carboxylic acids is 1. The molecule has 2 heterocycles. The van der Waals surface area contributed by atoms with Crippen molar-refractivity contribution < 1.29 is 4.79 Å². The summed E-state index contributed by atoms with van der Waals surface area (Å²) in [7, 11) is 0. The van der Waals surface area contributed by atoms with Crippen molar-refractivity contribution in [1.29, 1.82) is 0 Å². The van der Waals surface area contributed by atoms with Gasteiger partial charge in [0.05, 0.1) is 0 Å². The van der Waals surface area contributed by atoms with E-state index in [0.29, 0.717) is 17.6 Å². The van der Waals surface area contributed by atoms with Crippen molar-refractivity contribution >= 4 is 22.5 Å². The first-order valence-corrected chi connectivity index (χ1v) is 7.78. The topological polar surface area (TPSA) is 108 Å². The van der Waals surface area contributed by atoms with Crippen molar-refractivity contribution in [3.05, 3.63) is 16.7 Å². The zero-order valence-electron chi connectivity index (χ0n) is 11.7. The molecule has 9 heteroatoms. The average Bonchev–Trinajstić information content (AvgIpc) is 3.07. The highest BCUT2D eigenvalue weighted by Crippen LogP contribution is 2.41. The number of carbonyl (C=O) groups is 1. The van der Waals surface area contributed by atoms with Crippen molar-refractivity contribution in [2.24, 2.45) is 0 Å². The van der Waals surface area contributed by atoms with E-state index in [2.05, 4.69) is 36.0 Å². The molecule has 0 saturated heterocycles. The Hall–Kier alpha value is -2.03. The Morgan fingerprint density at radius 3 is 3.00 bits per heavy atom. The number of hydrogen-bond acceptors (Lipinski definition) is 6. The standard InChI is InChI=1S/C12H17N7OS/c1-7-14-9(17-16-7)3-2-6-13-11(20)15-12-19-18-10(21-12)8-4-5-8/h8H,2-6H2,1H3,(H,14,16,17)(H2,13,15,19,20). The lowest BCUT2D eigenvalue weighted by Crippen LogP contribution is -2.29. The van der Waals surface area contributed by atoms with Crippen molar-refractivity contribution in [2.45, 2.75) is 38.5 Å². The van der Waals surface area contributed by atoms with Crippen LogP contribution in [-0.4, -0.2) is 38.0 Å². The molecule has 8 nitrogen and oxygen atoms in total. The number of aromatic nitrogens is 5. The molecule has 21 heavy (non-hydrogen) atoms. The van der Waals surface area contributed by atoms with Crippen molar-refractivity contribution in [3.63, 3.8) is 0 Å². The van der Waals surface area contributed by atoms with E-state index in [4.69, 9.17) is 0 Å². The normalized spacial score (nSPS) is 14.1. The van der Waals surface area contributed by atoms with Crippen LogP contribution < -0.4 is 10.6 Å². The van der Waals surface area contributed by atoms with Gasteiger partial charge in [-0.3, -0.25) is 10.4 Å². The molecule has 0 aliphatic heterocycles. The van der Waals surface area contributed by atoms with Crippen molar-refractivity contribution in [2.75, 3.05) is 11.9 Å². The summed E-state index contributed by atoms with van der Waals surface area (Å²) in [5.74, 6) is 2.14. The SMILES string of the molecule is Cc1nc(CCCNC(=O)Nc2nnc(C3CC3)s2)n[nH]1. The van der Waals surface area contributed by atoms with E-state index in [9.17, 15) is 4.79 Å². The number of hydrogen-bond donors (Lipinski definition) is 3. The first-order valence-electron chi connectivity index (χ1n) is 6.97. The fourth-order valence-corrected chi connectivity index (χ4v) is 2.78. The quantitative estimate of drug-likeness (QED) is 0.702. The van der Waals surface area contributed by atoms with Gasteiger partial charge in [-0.2, -0.15) is 5.10 Å². The lowest BCUT2D eigenvalue weighted by Gasteiger charge is -2.03. The van der Waals surface area contributed by atoms with Gasteiger partial charge in [0.15, 0.2) is 5.82 Å². The highest BCUT2D eigenvalue weighted by atomic mass is 32.1. The summed E-state index contributed by atoms with van der Waals surface area (Å²) in [6, 6.07) is -0.250. The molecule has 0 bridgehead atoms. The van der Waals surface area contributed by atoms with Crippen LogP contribution in [0, 0.1) is 6.92 Å². The first kappa shape index (κ1) is 13.9. The van der Waals surface area contributed by atoms with Crippen LogP contribution in [0.15, 0.2) is 0 Å². The van der Waals surface area contributed by atoms with Gasteiger partial charge in [0.2, 0.25) is 5.13 Å². The van der Waals surface area contributed by atoms with E-state index >= 15 is 0 Å². The number of amides is 2. The van der Waals surface area contributed by atoms with Gasteiger partial charge in [0, 0.05) is 18.9 Å². The maximum Gasteiger partial charge on any atom is 0.321 e. The third kappa shape index (κ3) is 3.97. The maximum atomic E-state index is 11.7. The molecule has 0 spiro atoms. The highest BCUT2D eigenvalue weighted by Gasteiger charge is 2.27. The number of urea groups is 1. The van der Waals surface area contributed by atoms with Crippen molar-refractivity contribution in [1.82, 2.24) is 30.7 Å². The van der Waals surface area contributed by atoms with Gasteiger partial charge >= 0.3 is 6.03 Å². The molecule has 0 atom stereocenters. The lowest BCUT2D eigenvalue weighted by atomic mass is 10.3. The summed E-state index contributed by atoms with van der Waals surface area (Å²) >= 11 is 1.45. The predicted molar refractivity (Wildman–Crippen MR) is 78.3 cm³/mol. The number of anilines is 1. The molecule has 1 aliphatic carbocycles. The summed E-state index contributed by atoms with van der Waals surface area (Å²) in [5.41, 5.74) is 0. The van der Waals surface area contributed by atoms with Gasteiger partial charge in [-0.15, -0.1) is 10.2 Å². The largest absolute Gasteiger partial charge is 0.338 e. The number of rotatable bonds is 6. The third-order valence-electron chi connectivity index (χ3n) is 3.09. The highest BCUT2D eigenvalue weighted by molar-refractivity contribution is 7.15. The summed E-state index contributed by atoms with van der Waals surface area (Å²) < 4.78 is 0. The van der Waals surface area contributed by atoms with Crippen LogP contribution in [0.1, 0.15) is 41.8 Å². The smallest absolute Gasteiger partial charge is 0.321 e. The second-order valence-electron chi connectivity index (χ2n) is 5.04. The van der Waals surface area contributed by atoms with Crippen LogP contribution in [0.25, 0.3) is 0 Å². The average molecular weight is 307 g/mol. The van der Waals surface area contributed by atoms with Crippen molar-refractivity contribution in [3.8, 4) is 0 Å². The Morgan fingerprint density at radius 1 is 1.43 bits per heavy atom. The molecular weight excluding hydrogens is 290 g/mol. The Bertz CT molecular complexity index is 619. The molecule has 1 fully saturated rings. The Morgan fingerprint density at radius 2 is 2.29 bits per heavy atom. The second-order valence-corrected chi connectivity index (χ2v) is 6.05. The van der Waals surface area contributed by atoms with Crippen LogP contribution in [0.3, 0.4) is 0 Å². The number of nitrogens with one attached hydrogen (secondary N) is 3. The van der Waals surface area contributed by atoms with E-state index in [1.807, 2.05) is 6.92 Å². The number of aromatic amines is 1. The molecule has 2 aromatic heterocycles. The van der Waals surface area contributed by atoms with Crippen LogP contribution >= 0.6 is 11.3 Å². The number of H-pyrrole nitrogens is 1. The summed E-state index contributed by atoms with van der Waals surface area (Å²) in [5, 5.41) is 21.9.